The van der Waals surface area contributed by atoms with Crippen LogP contribution in [-0.4, -0.2) is 48.8 Å². The van der Waals surface area contributed by atoms with E-state index in [9.17, 15) is 4.79 Å². The normalized spacial score (nSPS) is 16.3. The van der Waals surface area contributed by atoms with Gasteiger partial charge in [-0.2, -0.15) is 0 Å². The summed E-state index contributed by atoms with van der Waals surface area (Å²) in [6.45, 7) is 8.24. The van der Waals surface area contributed by atoms with Crippen molar-refractivity contribution in [1.82, 2.24) is 10.2 Å². The van der Waals surface area contributed by atoms with Gasteiger partial charge < -0.3 is 15.0 Å². The zero-order valence-electron chi connectivity index (χ0n) is 14.2. The lowest BCUT2D eigenvalue weighted by Gasteiger charge is -2.32. The molecule has 1 heterocycles. The van der Waals surface area contributed by atoms with E-state index in [1.807, 2.05) is 31.2 Å². The van der Waals surface area contributed by atoms with Gasteiger partial charge in [0.25, 0.3) is 0 Å². The maximum absolute atomic E-state index is 12.1. The van der Waals surface area contributed by atoms with Crippen molar-refractivity contribution in [2.45, 2.75) is 44.0 Å². The highest BCUT2D eigenvalue weighted by molar-refractivity contribution is 8.00. The molecule has 0 radical (unpaired) electrons. The van der Waals surface area contributed by atoms with Crippen molar-refractivity contribution in [1.29, 1.82) is 0 Å². The van der Waals surface area contributed by atoms with Crippen molar-refractivity contribution in [3.63, 3.8) is 0 Å². The van der Waals surface area contributed by atoms with Gasteiger partial charge in [0, 0.05) is 24.0 Å². The molecule has 0 spiro atoms. The summed E-state index contributed by atoms with van der Waals surface area (Å²) >= 11 is 1.57. The molecular formula is C18H28N2O2S. The summed E-state index contributed by atoms with van der Waals surface area (Å²) in [6, 6.07) is 8.26. The summed E-state index contributed by atoms with van der Waals surface area (Å²) in [6.07, 6.45) is 3.34. The lowest BCUT2D eigenvalue weighted by Crippen LogP contribution is -2.45. The number of piperidine rings is 1. The average Bonchev–Trinajstić information content (AvgIpc) is 2.57. The Morgan fingerprint density at radius 3 is 2.57 bits per heavy atom. The third kappa shape index (κ3) is 6.43. The number of nitrogens with one attached hydrogen (secondary N) is 1. The molecule has 1 aliphatic rings. The van der Waals surface area contributed by atoms with Crippen LogP contribution in [0.1, 0.15) is 33.1 Å². The molecule has 4 nitrogen and oxygen atoms in total. The molecule has 2 rings (SSSR count). The number of benzene rings is 1. The quantitative estimate of drug-likeness (QED) is 0.741. The molecule has 0 aromatic heterocycles. The summed E-state index contributed by atoms with van der Waals surface area (Å²) in [7, 11) is 0. The van der Waals surface area contributed by atoms with Gasteiger partial charge in [0.15, 0.2) is 0 Å². The molecule has 1 aliphatic heterocycles. The lowest BCUT2D eigenvalue weighted by atomic mass is 10.1. The second-order valence-electron chi connectivity index (χ2n) is 5.88. The Labute approximate surface area is 144 Å². The SMILES string of the molecule is CCCN1CCC(NC(=O)CSc2ccc(OCC)cc2)CC1. The highest BCUT2D eigenvalue weighted by atomic mass is 32.2. The number of carbonyl (C=O) groups excluding carboxylic acids is 1. The van der Waals surface area contributed by atoms with Crippen LogP contribution < -0.4 is 10.1 Å². The Hall–Kier alpha value is -1.20. The van der Waals surface area contributed by atoms with Gasteiger partial charge in [0.05, 0.1) is 12.4 Å². The molecule has 1 aromatic rings. The van der Waals surface area contributed by atoms with Crippen molar-refractivity contribution in [3.05, 3.63) is 24.3 Å². The van der Waals surface area contributed by atoms with Crippen LogP contribution in [0.15, 0.2) is 29.2 Å². The first kappa shape index (κ1) is 18.1. The van der Waals surface area contributed by atoms with E-state index in [0.717, 1.165) is 36.6 Å². The second kappa shape index (κ2) is 9.83. The number of likely N-dealkylation sites (tertiary alicyclic amines) is 1. The molecule has 23 heavy (non-hydrogen) atoms. The van der Waals surface area contributed by atoms with Gasteiger partial charge in [-0.1, -0.05) is 6.92 Å². The number of rotatable bonds is 8. The molecule has 0 aliphatic carbocycles. The monoisotopic (exact) mass is 336 g/mol. The topological polar surface area (TPSA) is 41.6 Å². The average molecular weight is 337 g/mol. The predicted molar refractivity (Wildman–Crippen MR) is 96.2 cm³/mol. The van der Waals surface area contributed by atoms with Crippen molar-refractivity contribution < 1.29 is 9.53 Å². The largest absolute Gasteiger partial charge is 0.494 e. The first-order chi connectivity index (χ1) is 11.2. The van der Waals surface area contributed by atoms with E-state index in [2.05, 4.69) is 17.1 Å². The number of amides is 1. The van der Waals surface area contributed by atoms with Crippen molar-refractivity contribution in [3.8, 4) is 5.75 Å². The molecule has 1 amide bonds. The van der Waals surface area contributed by atoms with Crippen molar-refractivity contribution in [2.75, 3.05) is 32.0 Å². The fraction of sp³-hybridized carbons (Fsp3) is 0.611. The summed E-state index contributed by atoms with van der Waals surface area (Å²) in [5.74, 6) is 1.49. The number of hydrogen-bond donors (Lipinski definition) is 1. The van der Waals surface area contributed by atoms with Gasteiger partial charge in [-0.15, -0.1) is 11.8 Å². The first-order valence-corrected chi connectivity index (χ1v) is 9.57. The van der Waals surface area contributed by atoms with E-state index in [1.54, 1.807) is 11.8 Å². The molecule has 0 saturated carbocycles. The summed E-state index contributed by atoms with van der Waals surface area (Å²) in [5.41, 5.74) is 0. The minimum atomic E-state index is 0.137. The van der Waals surface area contributed by atoms with Gasteiger partial charge in [-0.25, -0.2) is 0 Å². The number of ether oxygens (including phenoxy) is 1. The van der Waals surface area contributed by atoms with Crippen LogP contribution in [0.25, 0.3) is 0 Å². The Balaban J connectivity index is 1.67. The Kier molecular flexibility index (Phi) is 7.76. The highest BCUT2D eigenvalue weighted by Gasteiger charge is 2.19. The molecule has 5 heteroatoms. The summed E-state index contributed by atoms with van der Waals surface area (Å²) < 4.78 is 5.42. The van der Waals surface area contributed by atoms with Crippen molar-refractivity contribution in [2.24, 2.45) is 0 Å². The van der Waals surface area contributed by atoms with Gasteiger partial charge in [-0.3, -0.25) is 4.79 Å². The van der Waals surface area contributed by atoms with Crippen LogP contribution in [0.3, 0.4) is 0 Å². The molecule has 0 bridgehead atoms. The van der Waals surface area contributed by atoms with Gasteiger partial charge >= 0.3 is 0 Å². The maximum Gasteiger partial charge on any atom is 0.230 e. The van der Waals surface area contributed by atoms with E-state index in [-0.39, 0.29) is 5.91 Å². The standard InChI is InChI=1S/C18H28N2O2S/c1-3-11-20-12-9-15(10-13-20)19-18(21)14-23-17-7-5-16(6-8-17)22-4-2/h5-8,15H,3-4,9-14H2,1-2H3,(H,19,21). The zero-order valence-corrected chi connectivity index (χ0v) is 15.0. The molecular weight excluding hydrogens is 308 g/mol. The lowest BCUT2D eigenvalue weighted by molar-refractivity contribution is -0.119. The fourth-order valence-electron chi connectivity index (χ4n) is 2.83. The Morgan fingerprint density at radius 2 is 1.96 bits per heavy atom. The number of hydrogen-bond acceptors (Lipinski definition) is 4. The molecule has 1 saturated heterocycles. The molecule has 0 unspecified atom stereocenters. The fourth-order valence-corrected chi connectivity index (χ4v) is 3.54. The second-order valence-corrected chi connectivity index (χ2v) is 6.93. The minimum Gasteiger partial charge on any atom is -0.494 e. The molecule has 0 atom stereocenters. The van der Waals surface area contributed by atoms with Crippen LogP contribution in [0, 0.1) is 0 Å². The van der Waals surface area contributed by atoms with Crippen LogP contribution in [0.4, 0.5) is 0 Å². The molecule has 128 valence electrons. The van der Waals surface area contributed by atoms with E-state index < -0.39 is 0 Å². The van der Waals surface area contributed by atoms with E-state index in [0.29, 0.717) is 18.4 Å². The predicted octanol–water partition coefficient (Wildman–Crippen LogP) is 3.17. The first-order valence-electron chi connectivity index (χ1n) is 8.58. The highest BCUT2D eigenvalue weighted by Crippen LogP contribution is 2.21. The third-order valence-corrected chi connectivity index (χ3v) is 5.01. The van der Waals surface area contributed by atoms with E-state index >= 15 is 0 Å². The van der Waals surface area contributed by atoms with E-state index in [1.165, 1.54) is 13.0 Å². The molecule has 1 N–H and O–H groups in total. The molecule has 1 fully saturated rings. The van der Waals surface area contributed by atoms with Crippen molar-refractivity contribution >= 4 is 17.7 Å². The van der Waals surface area contributed by atoms with Crippen LogP contribution >= 0.6 is 11.8 Å². The summed E-state index contributed by atoms with van der Waals surface area (Å²) in [5, 5.41) is 3.17. The van der Waals surface area contributed by atoms with Gasteiger partial charge in [-0.05, 0) is 57.0 Å². The third-order valence-electron chi connectivity index (χ3n) is 4.00. The smallest absolute Gasteiger partial charge is 0.230 e. The number of carbonyl (C=O) groups is 1. The Morgan fingerprint density at radius 1 is 1.26 bits per heavy atom. The number of nitrogens with zero attached hydrogens (tertiary/aromatic N) is 1. The number of thioether (sulfide) groups is 1. The van der Waals surface area contributed by atoms with Crippen LogP contribution in [0.2, 0.25) is 0 Å². The Bertz CT molecular complexity index is 470. The van der Waals surface area contributed by atoms with Crippen LogP contribution in [0.5, 0.6) is 5.75 Å². The van der Waals surface area contributed by atoms with Gasteiger partial charge in [0.2, 0.25) is 5.91 Å². The zero-order chi connectivity index (χ0) is 16.5. The molecule has 1 aromatic carbocycles. The maximum atomic E-state index is 12.1. The minimum absolute atomic E-state index is 0.137. The van der Waals surface area contributed by atoms with E-state index in [4.69, 9.17) is 4.74 Å². The summed E-state index contributed by atoms with van der Waals surface area (Å²) in [4.78, 5) is 15.7. The van der Waals surface area contributed by atoms with Gasteiger partial charge in [0.1, 0.15) is 5.75 Å². The van der Waals surface area contributed by atoms with Crippen LogP contribution in [-0.2, 0) is 4.79 Å².